The van der Waals surface area contributed by atoms with E-state index in [9.17, 15) is 9.90 Å². The number of pyridine rings is 1. The Morgan fingerprint density at radius 3 is 2.73 bits per heavy atom. The molecule has 2 heterocycles. The van der Waals surface area contributed by atoms with Gasteiger partial charge in [-0.25, -0.2) is 4.79 Å². The van der Waals surface area contributed by atoms with Crippen LogP contribution in [0.25, 0.3) is 22.6 Å². The van der Waals surface area contributed by atoms with Crippen LogP contribution in [0, 0.1) is 0 Å². The number of rotatable bonds is 4. The van der Waals surface area contributed by atoms with Crippen LogP contribution in [-0.2, 0) is 13.5 Å². The number of aromatic carboxylic acids is 1. The van der Waals surface area contributed by atoms with Gasteiger partial charge in [0.05, 0.1) is 22.0 Å². The molecule has 30 heavy (non-hydrogen) atoms. The van der Waals surface area contributed by atoms with Crippen LogP contribution >= 0.6 is 11.6 Å². The molecule has 0 saturated heterocycles. The maximum atomic E-state index is 11.6. The maximum Gasteiger partial charge on any atom is 0.336 e. The Balaban J connectivity index is 1.59. The molecule has 0 unspecified atom stereocenters. The maximum absolute atomic E-state index is 11.6. The van der Waals surface area contributed by atoms with Gasteiger partial charge in [0.25, 0.3) is 0 Å². The molecule has 1 aliphatic rings. The number of nitrogens with zero attached hydrogens (tertiary/aromatic N) is 3. The number of allylic oxidation sites excluding steroid dienone is 1. The molecule has 1 N–H and O–H groups in total. The first-order chi connectivity index (χ1) is 14.5. The molecule has 0 radical (unpaired) electrons. The first kappa shape index (κ1) is 18.4. The normalized spacial score (nSPS) is 12.7. The van der Waals surface area contributed by atoms with Gasteiger partial charge in [0.15, 0.2) is 5.75 Å². The van der Waals surface area contributed by atoms with Crippen LogP contribution in [0.3, 0.4) is 0 Å². The van der Waals surface area contributed by atoms with E-state index in [2.05, 4.69) is 4.98 Å². The van der Waals surface area contributed by atoms with E-state index in [1.165, 1.54) is 12.3 Å². The Morgan fingerprint density at radius 1 is 1.13 bits per heavy atom. The highest BCUT2D eigenvalue weighted by molar-refractivity contribution is 6.32. The number of carboxylic acids is 1. The summed E-state index contributed by atoms with van der Waals surface area (Å²) in [6.45, 7) is 0. The molecule has 0 fully saturated rings. The minimum absolute atomic E-state index is 0.272. The lowest BCUT2D eigenvalue weighted by Crippen LogP contribution is -2.03. The first-order valence-corrected chi connectivity index (χ1v) is 9.71. The summed E-state index contributed by atoms with van der Waals surface area (Å²) < 4.78 is 7.86. The van der Waals surface area contributed by atoms with Gasteiger partial charge in [0.1, 0.15) is 11.3 Å². The summed E-state index contributed by atoms with van der Waals surface area (Å²) >= 11 is 6.25. The minimum atomic E-state index is -0.954. The SMILES string of the molecule is Cn1nc(C2=Cc3nccc(C(=O)O)c3C2)c2cccc(Oc3ccccc3Cl)c21. The van der Waals surface area contributed by atoms with Crippen LogP contribution in [0.2, 0.25) is 5.02 Å². The Morgan fingerprint density at radius 2 is 1.93 bits per heavy atom. The average molecular weight is 418 g/mol. The van der Waals surface area contributed by atoms with Gasteiger partial charge in [-0.2, -0.15) is 5.10 Å². The Hall–Kier alpha value is -3.64. The van der Waals surface area contributed by atoms with Crippen LogP contribution in [0.4, 0.5) is 0 Å². The largest absolute Gasteiger partial charge is 0.478 e. The summed E-state index contributed by atoms with van der Waals surface area (Å²) in [6.07, 6.45) is 3.89. The third-order valence-corrected chi connectivity index (χ3v) is 5.50. The summed E-state index contributed by atoms with van der Waals surface area (Å²) in [6, 6.07) is 14.6. The monoisotopic (exact) mass is 417 g/mol. The van der Waals surface area contributed by atoms with Crippen molar-refractivity contribution in [3.63, 3.8) is 0 Å². The fourth-order valence-electron chi connectivity index (χ4n) is 3.84. The zero-order chi connectivity index (χ0) is 20.8. The number of benzene rings is 2. The van der Waals surface area contributed by atoms with Gasteiger partial charge in [-0.3, -0.25) is 9.67 Å². The predicted molar refractivity (Wildman–Crippen MR) is 115 cm³/mol. The second-order valence-electron chi connectivity index (χ2n) is 7.03. The molecule has 148 valence electrons. The number of hydrogen-bond acceptors (Lipinski definition) is 4. The molecule has 0 bridgehead atoms. The van der Waals surface area contributed by atoms with Crippen molar-refractivity contribution in [2.45, 2.75) is 6.42 Å². The van der Waals surface area contributed by atoms with Gasteiger partial charge in [0, 0.05) is 25.1 Å². The van der Waals surface area contributed by atoms with Crippen LogP contribution in [0.1, 0.15) is 27.3 Å². The lowest BCUT2D eigenvalue weighted by molar-refractivity contribution is 0.0695. The molecule has 1 aliphatic carbocycles. The number of hydrogen-bond donors (Lipinski definition) is 1. The van der Waals surface area contributed by atoms with Crippen LogP contribution < -0.4 is 4.74 Å². The molecule has 0 amide bonds. The van der Waals surface area contributed by atoms with Crippen molar-refractivity contribution < 1.29 is 14.6 Å². The molecule has 4 aromatic rings. The Labute approximate surface area is 177 Å². The van der Waals surface area contributed by atoms with E-state index < -0.39 is 5.97 Å². The highest BCUT2D eigenvalue weighted by Crippen LogP contribution is 2.39. The second kappa shape index (κ2) is 7.00. The standard InChI is InChI=1S/C23H16ClN3O3/c1-27-22-15(5-4-8-20(22)30-19-7-3-2-6-17(19)24)21(26-27)13-11-16-14(23(28)29)9-10-25-18(16)12-13/h2-10,12H,11H2,1H3,(H,28,29). The number of para-hydroxylation sites is 2. The lowest BCUT2D eigenvalue weighted by atomic mass is 10.0. The molecule has 7 heteroatoms. The molecule has 0 atom stereocenters. The quantitative estimate of drug-likeness (QED) is 0.493. The Kier molecular flexibility index (Phi) is 4.29. The minimum Gasteiger partial charge on any atom is -0.478 e. The van der Waals surface area contributed by atoms with Gasteiger partial charge in [-0.05, 0) is 41.5 Å². The number of fused-ring (bicyclic) bond motifs is 2. The fraction of sp³-hybridized carbons (Fsp3) is 0.0870. The molecule has 0 saturated carbocycles. The number of aryl methyl sites for hydroxylation is 1. The molecule has 2 aromatic heterocycles. The first-order valence-electron chi connectivity index (χ1n) is 9.33. The van der Waals surface area contributed by atoms with Crippen molar-refractivity contribution in [2.24, 2.45) is 7.05 Å². The Bertz CT molecular complexity index is 1360. The summed E-state index contributed by atoms with van der Waals surface area (Å²) in [7, 11) is 1.86. The number of halogens is 1. The van der Waals surface area contributed by atoms with Crippen LogP contribution in [0.15, 0.2) is 54.7 Å². The number of aromatic nitrogens is 3. The lowest BCUT2D eigenvalue weighted by Gasteiger charge is -2.09. The summed E-state index contributed by atoms with van der Waals surface area (Å²) in [5.41, 5.74) is 4.19. The smallest absolute Gasteiger partial charge is 0.336 e. The van der Waals surface area contributed by atoms with Crippen molar-refractivity contribution in [3.05, 3.63) is 82.3 Å². The average Bonchev–Trinajstić information content (AvgIpc) is 3.31. The molecule has 0 aliphatic heterocycles. The predicted octanol–water partition coefficient (Wildman–Crippen LogP) is 5.21. The molecular formula is C23H16ClN3O3. The molecule has 6 nitrogen and oxygen atoms in total. The zero-order valence-electron chi connectivity index (χ0n) is 16.0. The van der Waals surface area contributed by atoms with Gasteiger partial charge >= 0.3 is 5.97 Å². The van der Waals surface area contributed by atoms with Gasteiger partial charge < -0.3 is 9.84 Å². The van der Waals surface area contributed by atoms with Crippen molar-refractivity contribution >= 4 is 40.1 Å². The van der Waals surface area contributed by atoms with E-state index >= 15 is 0 Å². The summed E-state index contributed by atoms with van der Waals surface area (Å²) in [5.74, 6) is 0.254. The topological polar surface area (TPSA) is 77.2 Å². The number of carboxylic acid groups (broad SMARTS) is 1. The summed E-state index contributed by atoms with van der Waals surface area (Å²) in [5, 5.41) is 15.6. The van der Waals surface area contributed by atoms with E-state index in [4.69, 9.17) is 21.4 Å². The van der Waals surface area contributed by atoms with E-state index in [0.29, 0.717) is 34.2 Å². The zero-order valence-corrected chi connectivity index (χ0v) is 16.7. The van der Waals surface area contributed by atoms with Crippen molar-refractivity contribution in [1.29, 1.82) is 0 Å². The van der Waals surface area contributed by atoms with Gasteiger partial charge in [-0.1, -0.05) is 35.9 Å². The number of carbonyl (C=O) groups is 1. The highest BCUT2D eigenvalue weighted by atomic mass is 35.5. The third kappa shape index (κ3) is 2.93. The van der Waals surface area contributed by atoms with Crippen molar-refractivity contribution in [1.82, 2.24) is 14.8 Å². The highest BCUT2D eigenvalue weighted by Gasteiger charge is 2.25. The van der Waals surface area contributed by atoms with Gasteiger partial charge in [-0.15, -0.1) is 0 Å². The van der Waals surface area contributed by atoms with Gasteiger partial charge in [0.2, 0.25) is 0 Å². The second-order valence-corrected chi connectivity index (χ2v) is 7.44. The molecule has 2 aromatic carbocycles. The van der Waals surface area contributed by atoms with E-state index in [1.807, 2.05) is 49.5 Å². The van der Waals surface area contributed by atoms with E-state index in [1.54, 1.807) is 10.7 Å². The third-order valence-electron chi connectivity index (χ3n) is 5.19. The van der Waals surface area contributed by atoms with Crippen molar-refractivity contribution in [2.75, 3.05) is 0 Å². The van der Waals surface area contributed by atoms with Crippen molar-refractivity contribution in [3.8, 4) is 11.5 Å². The van der Waals surface area contributed by atoms with E-state index in [0.717, 1.165) is 22.2 Å². The fourth-order valence-corrected chi connectivity index (χ4v) is 4.02. The molecule has 0 spiro atoms. The van der Waals surface area contributed by atoms with Crippen LogP contribution in [0.5, 0.6) is 11.5 Å². The van der Waals surface area contributed by atoms with Crippen LogP contribution in [-0.4, -0.2) is 25.8 Å². The molecule has 5 rings (SSSR count). The van der Waals surface area contributed by atoms with E-state index in [-0.39, 0.29) is 5.56 Å². The molecular weight excluding hydrogens is 402 g/mol. The summed E-state index contributed by atoms with van der Waals surface area (Å²) in [4.78, 5) is 15.9. The number of ether oxygens (including phenoxy) is 1.